The highest BCUT2D eigenvalue weighted by Crippen LogP contribution is 2.36. The predicted octanol–water partition coefficient (Wildman–Crippen LogP) is 10.0. The van der Waals surface area contributed by atoms with Crippen LogP contribution in [0.1, 0.15) is 142 Å². The fraction of sp³-hybridized carbons (Fsp3) is 0.628. The van der Waals surface area contributed by atoms with E-state index in [1.807, 2.05) is 18.2 Å². The van der Waals surface area contributed by atoms with Crippen molar-refractivity contribution in [2.75, 3.05) is 13.2 Å². The Hall–Kier alpha value is -2.85. The van der Waals surface area contributed by atoms with Crippen molar-refractivity contribution in [1.82, 2.24) is 0 Å². The highest BCUT2D eigenvalue weighted by molar-refractivity contribution is 7.46. The second-order valence-electron chi connectivity index (χ2n) is 13.2. The fourth-order valence-corrected chi connectivity index (χ4v) is 5.36. The number of aliphatic hydroxyl groups is 2. The molecule has 0 bridgehead atoms. The maximum absolute atomic E-state index is 12.4. The van der Waals surface area contributed by atoms with Crippen molar-refractivity contribution in [3.8, 4) is 0 Å². The number of hydrogen-bond acceptors (Lipinski definition) is 8. The molecule has 0 aromatic carbocycles. The number of unbranched alkanes of at least 4 members (excludes halogenated alkanes) is 7. The Morgan fingerprint density at radius 3 is 1.63 bits per heavy atom. The molecule has 3 atom stereocenters. The number of allylic oxidation sites excluding steroid dienone is 13. The third-order valence-corrected chi connectivity index (χ3v) is 8.58. The summed E-state index contributed by atoms with van der Waals surface area (Å²) in [5.74, 6) is -1.21. The van der Waals surface area contributed by atoms with Crippen LogP contribution in [-0.4, -0.2) is 63.5 Å². The average molecular weight is 779 g/mol. The SMILES string of the molecule is CC/C=C\C/C=C\C/C=C\C/C=C\C[C@H](O)[C@@H](O)CCCC(=O)OC[C@H](COP(=O)(O)O)OC(=O)CCCCCC/C=C\C/C=C\C/C=C\CCCCC. The third-order valence-electron chi connectivity index (χ3n) is 8.10. The number of phosphoric ester groups is 1. The molecule has 0 saturated carbocycles. The zero-order valence-corrected chi connectivity index (χ0v) is 34.0. The lowest BCUT2D eigenvalue weighted by molar-refractivity contribution is -0.161. The molecule has 0 aliphatic heterocycles. The molecule has 0 aliphatic carbocycles. The van der Waals surface area contributed by atoms with Gasteiger partial charge in [-0.3, -0.25) is 14.1 Å². The Balaban J connectivity index is 4.26. The van der Waals surface area contributed by atoms with Crippen LogP contribution in [0.4, 0.5) is 0 Å². The molecule has 0 rings (SSSR count). The quantitative estimate of drug-likeness (QED) is 0.0211. The van der Waals surface area contributed by atoms with Crippen LogP contribution in [0.25, 0.3) is 0 Å². The van der Waals surface area contributed by atoms with Gasteiger partial charge < -0.3 is 29.5 Å². The summed E-state index contributed by atoms with van der Waals surface area (Å²) in [6, 6.07) is 0. The van der Waals surface area contributed by atoms with Crippen LogP contribution in [0.3, 0.4) is 0 Å². The second-order valence-corrected chi connectivity index (χ2v) is 14.4. The maximum Gasteiger partial charge on any atom is 0.469 e. The molecule has 0 amide bonds. The summed E-state index contributed by atoms with van der Waals surface area (Å²) in [4.78, 5) is 42.9. The smallest absolute Gasteiger partial charge is 0.462 e. The van der Waals surface area contributed by atoms with Gasteiger partial charge >= 0.3 is 19.8 Å². The Morgan fingerprint density at radius 2 is 1.07 bits per heavy atom. The minimum atomic E-state index is -4.83. The summed E-state index contributed by atoms with van der Waals surface area (Å²) in [6.07, 6.45) is 41.9. The van der Waals surface area contributed by atoms with E-state index in [1.54, 1.807) is 0 Å². The van der Waals surface area contributed by atoms with E-state index in [9.17, 15) is 24.4 Å². The maximum atomic E-state index is 12.4. The van der Waals surface area contributed by atoms with E-state index >= 15 is 0 Å². The van der Waals surface area contributed by atoms with E-state index in [-0.39, 0.29) is 32.1 Å². The number of phosphoric acid groups is 1. The van der Waals surface area contributed by atoms with Crippen molar-refractivity contribution in [3.63, 3.8) is 0 Å². The molecule has 0 radical (unpaired) electrons. The van der Waals surface area contributed by atoms with Gasteiger partial charge in [0.2, 0.25) is 0 Å². The lowest BCUT2D eigenvalue weighted by Crippen LogP contribution is -2.29. The molecular weight excluding hydrogens is 707 g/mol. The van der Waals surface area contributed by atoms with E-state index in [1.165, 1.54) is 19.3 Å². The molecular formula is C43H71O10P. The standard InChI is InChI=1S/C43H71O10P/c1-3-5-7-9-11-13-15-17-18-19-20-21-23-25-27-29-31-35-43(47)53-39(38-52-54(48,49)50)37-51-42(46)36-32-34-41(45)40(44)33-30-28-26-24-22-16-14-12-10-8-6-4-2/h6,8,11-14,17-18,20-22,24,28,30,39-41,44-45H,3-5,7,9-10,15-16,19,23,25-27,29,31-38H2,1-2H3,(H2,48,49,50)/b8-6-,13-11-,14-12-,18-17-,21-20-,24-22-,30-28-/t39-,40+,41+/m1/s1. The Bertz CT molecular complexity index is 1180. The van der Waals surface area contributed by atoms with E-state index in [0.717, 1.165) is 70.6 Å². The van der Waals surface area contributed by atoms with Gasteiger partial charge in [0.1, 0.15) is 6.61 Å². The molecule has 308 valence electrons. The van der Waals surface area contributed by atoms with Crippen LogP contribution < -0.4 is 0 Å². The Kier molecular flexibility index (Phi) is 35.1. The van der Waals surface area contributed by atoms with Crippen molar-refractivity contribution in [2.45, 2.75) is 161 Å². The van der Waals surface area contributed by atoms with E-state index in [2.05, 4.69) is 85.2 Å². The van der Waals surface area contributed by atoms with Gasteiger partial charge in [-0.1, -0.05) is 125 Å². The van der Waals surface area contributed by atoms with E-state index in [4.69, 9.17) is 19.3 Å². The van der Waals surface area contributed by atoms with Gasteiger partial charge in [-0.15, -0.1) is 0 Å². The van der Waals surface area contributed by atoms with Crippen molar-refractivity contribution in [3.05, 3.63) is 85.1 Å². The van der Waals surface area contributed by atoms with Crippen molar-refractivity contribution < 1.29 is 48.2 Å². The molecule has 0 unspecified atom stereocenters. The largest absolute Gasteiger partial charge is 0.469 e. The number of rotatable bonds is 35. The molecule has 11 heteroatoms. The summed E-state index contributed by atoms with van der Waals surface area (Å²) in [6.45, 7) is 3.25. The summed E-state index contributed by atoms with van der Waals surface area (Å²) < 4.78 is 26.2. The van der Waals surface area contributed by atoms with Gasteiger partial charge in [0.05, 0.1) is 18.8 Å². The molecule has 0 aromatic heterocycles. The lowest BCUT2D eigenvalue weighted by Gasteiger charge is -2.19. The van der Waals surface area contributed by atoms with Crippen molar-refractivity contribution >= 4 is 19.8 Å². The topological polar surface area (TPSA) is 160 Å². The minimum absolute atomic E-state index is 0.0590. The van der Waals surface area contributed by atoms with Gasteiger partial charge in [-0.25, -0.2) is 4.57 Å². The van der Waals surface area contributed by atoms with Crippen LogP contribution in [0.15, 0.2) is 85.1 Å². The molecule has 10 nitrogen and oxygen atoms in total. The van der Waals surface area contributed by atoms with Crippen LogP contribution in [0.2, 0.25) is 0 Å². The first-order chi connectivity index (χ1) is 26.1. The lowest BCUT2D eigenvalue weighted by atomic mass is 10.0. The molecule has 0 fully saturated rings. The number of esters is 2. The van der Waals surface area contributed by atoms with Crippen molar-refractivity contribution in [1.29, 1.82) is 0 Å². The number of carbonyl (C=O) groups excluding carboxylic acids is 2. The second kappa shape index (κ2) is 37.1. The summed E-state index contributed by atoms with van der Waals surface area (Å²) in [5.41, 5.74) is 0. The van der Waals surface area contributed by atoms with E-state index in [0.29, 0.717) is 6.42 Å². The zero-order chi connectivity index (χ0) is 40.0. The highest BCUT2D eigenvalue weighted by Gasteiger charge is 2.23. The summed E-state index contributed by atoms with van der Waals surface area (Å²) >= 11 is 0. The zero-order valence-electron chi connectivity index (χ0n) is 33.1. The molecule has 0 aromatic rings. The van der Waals surface area contributed by atoms with Crippen LogP contribution in [0, 0.1) is 0 Å². The first-order valence-corrected chi connectivity index (χ1v) is 21.6. The number of carbonyl (C=O) groups is 2. The molecule has 4 N–H and O–H groups in total. The monoisotopic (exact) mass is 778 g/mol. The molecule has 0 saturated heterocycles. The van der Waals surface area contributed by atoms with E-state index < -0.39 is 51.3 Å². The Labute approximate surface area is 326 Å². The number of aliphatic hydroxyl groups excluding tert-OH is 2. The van der Waals surface area contributed by atoms with Gasteiger partial charge in [0.25, 0.3) is 0 Å². The van der Waals surface area contributed by atoms with Gasteiger partial charge in [0.15, 0.2) is 6.10 Å². The van der Waals surface area contributed by atoms with Gasteiger partial charge in [-0.05, 0) is 89.9 Å². The summed E-state index contributed by atoms with van der Waals surface area (Å²) in [5, 5.41) is 20.5. The first kappa shape index (κ1) is 51.1. The predicted molar refractivity (Wildman–Crippen MR) is 219 cm³/mol. The number of ether oxygens (including phenoxy) is 2. The fourth-order valence-electron chi connectivity index (χ4n) is 4.99. The van der Waals surface area contributed by atoms with Gasteiger partial charge in [-0.2, -0.15) is 0 Å². The minimum Gasteiger partial charge on any atom is -0.462 e. The number of hydrogen-bond donors (Lipinski definition) is 4. The average Bonchev–Trinajstić information content (AvgIpc) is 3.13. The first-order valence-electron chi connectivity index (χ1n) is 20.0. The molecule has 0 spiro atoms. The molecule has 54 heavy (non-hydrogen) atoms. The molecule has 0 heterocycles. The van der Waals surface area contributed by atoms with Crippen molar-refractivity contribution in [2.24, 2.45) is 0 Å². The normalized spacial score (nSPS) is 14.6. The summed E-state index contributed by atoms with van der Waals surface area (Å²) in [7, 11) is -4.83. The van der Waals surface area contributed by atoms with Crippen LogP contribution in [-0.2, 0) is 28.2 Å². The third kappa shape index (κ3) is 37.5. The highest BCUT2D eigenvalue weighted by atomic mass is 31.2. The Morgan fingerprint density at radius 1 is 0.574 bits per heavy atom. The van der Waals surface area contributed by atoms with Crippen LogP contribution in [0.5, 0.6) is 0 Å². The van der Waals surface area contributed by atoms with Crippen LogP contribution >= 0.6 is 7.82 Å². The molecule has 0 aliphatic rings. The van der Waals surface area contributed by atoms with Gasteiger partial charge in [0, 0.05) is 12.8 Å².